The zero-order valence-corrected chi connectivity index (χ0v) is 13.9. The van der Waals surface area contributed by atoms with Gasteiger partial charge in [-0.25, -0.2) is 0 Å². The van der Waals surface area contributed by atoms with Crippen LogP contribution in [-0.4, -0.2) is 12.6 Å². The van der Waals surface area contributed by atoms with Crippen LogP contribution < -0.4 is 5.32 Å². The first-order valence-corrected chi connectivity index (χ1v) is 8.00. The Morgan fingerprint density at radius 2 is 1.52 bits per heavy atom. The molecule has 0 aliphatic rings. The van der Waals surface area contributed by atoms with E-state index in [1.165, 1.54) is 22.3 Å². The molecule has 1 nitrogen and oxygen atoms in total. The molecule has 2 heteroatoms. The Hall–Kier alpha value is -1.31. The lowest BCUT2D eigenvalue weighted by Crippen LogP contribution is -2.33. The van der Waals surface area contributed by atoms with Gasteiger partial charge in [0.05, 0.1) is 0 Å². The molecule has 1 atom stereocenters. The van der Waals surface area contributed by atoms with Gasteiger partial charge in [-0.3, -0.25) is 0 Å². The van der Waals surface area contributed by atoms with E-state index < -0.39 is 0 Å². The van der Waals surface area contributed by atoms with E-state index in [4.69, 9.17) is 11.6 Å². The van der Waals surface area contributed by atoms with E-state index in [9.17, 15) is 0 Å². The van der Waals surface area contributed by atoms with Gasteiger partial charge in [-0.05, 0) is 67.6 Å². The molecule has 0 bridgehead atoms. The summed E-state index contributed by atoms with van der Waals surface area (Å²) < 4.78 is 0. The van der Waals surface area contributed by atoms with Gasteiger partial charge in [-0.15, -0.1) is 0 Å². The zero-order chi connectivity index (χ0) is 15.2. The third kappa shape index (κ3) is 4.87. The van der Waals surface area contributed by atoms with Gasteiger partial charge in [0.1, 0.15) is 0 Å². The number of halogens is 1. The molecule has 0 fully saturated rings. The van der Waals surface area contributed by atoms with E-state index in [0.717, 1.165) is 24.4 Å². The highest BCUT2D eigenvalue weighted by molar-refractivity contribution is 6.30. The molecule has 2 aromatic carbocycles. The summed E-state index contributed by atoms with van der Waals surface area (Å²) in [7, 11) is 0. The second-order valence-electron chi connectivity index (χ2n) is 5.71. The summed E-state index contributed by atoms with van der Waals surface area (Å²) in [4.78, 5) is 0. The first kappa shape index (κ1) is 16.1. The Kier molecular flexibility index (Phi) is 5.84. The molecule has 0 heterocycles. The minimum atomic E-state index is 0.457. The van der Waals surface area contributed by atoms with Gasteiger partial charge in [0.2, 0.25) is 0 Å². The number of aryl methyl sites for hydroxylation is 2. The predicted octanol–water partition coefficient (Wildman–Crippen LogP) is 4.72. The maximum Gasteiger partial charge on any atom is 0.0406 e. The molecular formula is C19H24ClN. The maximum atomic E-state index is 5.96. The molecule has 0 radical (unpaired) electrons. The first-order chi connectivity index (χ1) is 10.1. The van der Waals surface area contributed by atoms with E-state index in [1.54, 1.807) is 0 Å². The molecule has 0 amide bonds. The molecule has 0 aliphatic heterocycles. The molecule has 2 aromatic rings. The molecule has 0 aliphatic carbocycles. The van der Waals surface area contributed by atoms with Crippen molar-refractivity contribution in [1.29, 1.82) is 0 Å². The second-order valence-corrected chi connectivity index (χ2v) is 6.14. The first-order valence-electron chi connectivity index (χ1n) is 7.62. The van der Waals surface area contributed by atoms with Gasteiger partial charge in [0, 0.05) is 11.1 Å². The van der Waals surface area contributed by atoms with Crippen molar-refractivity contribution in [2.45, 2.75) is 39.7 Å². The van der Waals surface area contributed by atoms with Crippen LogP contribution in [0.1, 0.15) is 29.2 Å². The minimum Gasteiger partial charge on any atom is -0.314 e. The van der Waals surface area contributed by atoms with E-state index >= 15 is 0 Å². The van der Waals surface area contributed by atoms with Gasteiger partial charge < -0.3 is 5.32 Å². The number of nitrogens with one attached hydrogen (secondary N) is 1. The summed E-state index contributed by atoms with van der Waals surface area (Å²) in [6.45, 7) is 7.49. The Balaban J connectivity index is 2.07. The lowest BCUT2D eigenvalue weighted by Gasteiger charge is -2.19. The van der Waals surface area contributed by atoms with Crippen molar-refractivity contribution in [3.8, 4) is 0 Å². The molecule has 1 unspecified atom stereocenters. The lowest BCUT2D eigenvalue weighted by atomic mass is 9.96. The van der Waals surface area contributed by atoms with Crippen LogP contribution >= 0.6 is 11.6 Å². The molecule has 0 saturated carbocycles. The summed E-state index contributed by atoms with van der Waals surface area (Å²) in [5.74, 6) is 0. The highest BCUT2D eigenvalue weighted by Crippen LogP contribution is 2.15. The molecule has 112 valence electrons. The molecule has 0 spiro atoms. The third-order valence-electron chi connectivity index (χ3n) is 3.94. The van der Waals surface area contributed by atoms with Crippen molar-refractivity contribution in [1.82, 2.24) is 5.32 Å². The lowest BCUT2D eigenvalue weighted by molar-refractivity contribution is 0.521. The van der Waals surface area contributed by atoms with Crippen LogP contribution in [0.15, 0.2) is 42.5 Å². The normalized spacial score (nSPS) is 12.4. The predicted molar refractivity (Wildman–Crippen MR) is 92.2 cm³/mol. The van der Waals surface area contributed by atoms with E-state index in [0.29, 0.717) is 6.04 Å². The molecule has 0 aromatic heterocycles. The summed E-state index contributed by atoms with van der Waals surface area (Å²) in [6, 6.07) is 15.4. The fraction of sp³-hybridized carbons (Fsp3) is 0.368. The SMILES string of the molecule is CCNC(Cc1ccc(Cl)cc1)Cc1ccc(C)c(C)c1. The fourth-order valence-corrected chi connectivity index (χ4v) is 2.75. The summed E-state index contributed by atoms with van der Waals surface area (Å²) >= 11 is 5.96. The Morgan fingerprint density at radius 3 is 2.14 bits per heavy atom. The monoisotopic (exact) mass is 301 g/mol. The molecule has 21 heavy (non-hydrogen) atoms. The number of hydrogen-bond acceptors (Lipinski definition) is 1. The van der Waals surface area contributed by atoms with E-state index in [-0.39, 0.29) is 0 Å². The quantitative estimate of drug-likeness (QED) is 0.814. The van der Waals surface area contributed by atoms with Gasteiger partial charge in [0.15, 0.2) is 0 Å². The molecule has 1 N–H and O–H groups in total. The largest absolute Gasteiger partial charge is 0.314 e. The van der Waals surface area contributed by atoms with Crippen LogP contribution in [0.25, 0.3) is 0 Å². The van der Waals surface area contributed by atoms with Crippen LogP contribution in [0.4, 0.5) is 0 Å². The average molecular weight is 302 g/mol. The van der Waals surface area contributed by atoms with Gasteiger partial charge in [-0.2, -0.15) is 0 Å². The Labute approximate surface area is 133 Å². The topological polar surface area (TPSA) is 12.0 Å². The van der Waals surface area contributed by atoms with Crippen LogP contribution in [0.2, 0.25) is 5.02 Å². The van der Waals surface area contributed by atoms with Crippen molar-refractivity contribution < 1.29 is 0 Å². The second kappa shape index (κ2) is 7.63. The summed E-state index contributed by atoms with van der Waals surface area (Å²) in [5.41, 5.74) is 5.46. The Bertz CT molecular complexity index is 575. The molecular weight excluding hydrogens is 278 g/mol. The molecule has 2 rings (SSSR count). The highest BCUT2D eigenvalue weighted by Gasteiger charge is 2.10. The van der Waals surface area contributed by atoms with Crippen LogP contribution in [0, 0.1) is 13.8 Å². The maximum absolute atomic E-state index is 5.96. The third-order valence-corrected chi connectivity index (χ3v) is 4.19. The van der Waals surface area contributed by atoms with Gasteiger partial charge >= 0.3 is 0 Å². The van der Waals surface area contributed by atoms with Crippen LogP contribution in [-0.2, 0) is 12.8 Å². The van der Waals surface area contributed by atoms with Crippen molar-refractivity contribution in [2.75, 3.05) is 6.54 Å². The standard InChI is InChI=1S/C19H24ClN/c1-4-21-19(12-16-7-9-18(20)10-8-16)13-17-6-5-14(2)15(3)11-17/h5-11,19,21H,4,12-13H2,1-3H3. The van der Waals surface area contributed by atoms with Crippen molar-refractivity contribution in [3.63, 3.8) is 0 Å². The van der Waals surface area contributed by atoms with E-state index in [1.807, 2.05) is 12.1 Å². The Morgan fingerprint density at radius 1 is 0.905 bits per heavy atom. The van der Waals surface area contributed by atoms with Crippen LogP contribution in [0.5, 0.6) is 0 Å². The van der Waals surface area contributed by atoms with Crippen LogP contribution in [0.3, 0.4) is 0 Å². The number of likely N-dealkylation sites (N-methyl/N-ethyl adjacent to an activating group) is 1. The minimum absolute atomic E-state index is 0.457. The van der Waals surface area contributed by atoms with Crippen molar-refractivity contribution >= 4 is 11.6 Å². The average Bonchev–Trinajstić information content (AvgIpc) is 2.46. The number of hydrogen-bond donors (Lipinski definition) is 1. The molecule has 0 saturated heterocycles. The number of benzene rings is 2. The zero-order valence-electron chi connectivity index (χ0n) is 13.1. The fourth-order valence-electron chi connectivity index (χ4n) is 2.63. The summed E-state index contributed by atoms with van der Waals surface area (Å²) in [5, 5.41) is 4.39. The van der Waals surface area contributed by atoms with Gasteiger partial charge in [0.25, 0.3) is 0 Å². The van der Waals surface area contributed by atoms with Crippen molar-refractivity contribution in [2.24, 2.45) is 0 Å². The van der Waals surface area contributed by atoms with Gasteiger partial charge in [-0.1, -0.05) is 48.9 Å². The highest BCUT2D eigenvalue weighted by atomic mass is 35.5. The van der Waals surface area contributed by atoms with Crippen molar-refractivity contribution in [3.05, 3.63) is 69.7 Å². The summed E-state index contributed by atoms with van der Waals surface area (Å²) in [6.07, 6.45) is 2.08. The number of rotatable bonds is 6. The van der Waals surface area contributed by atoms with E-state index in [2.05, 4.69) is 56.4 Å². The smallest absolute Gasteiger partial charge is 0.0406 e.